The summed E-state index contributed by atoms with van der Waals surface area (Å²) >= 11 is 1.46. The van der Waals surface area contributed by atoms with Crippen molar-refractivity contribution in [2.24, 2.45) is 5.73 Å². The zero-order chi connectivity index (χ0) is 13.9. The van der Waals surface area contributed by atoms with Crippen molar-refractivity contribution >= 4 is 28.1 Å². The van der Waals surface area contributed by atoms with Crippen LogP contribution in [-0.4, -0.2) is 10.9 Å². The van der Waals surface area contributed by atoms with Crippen molar-refractivity contribution in [3.63, 3.8) is 0 Å². The molecule has 0 bridgehead atoms. The van der Waals surface area contributed by atoms with Gasteiger partial charge in [0, 0.05) is 11.1 Å². The fourth-order valence-corrected chi connectivity index (χ4v) is 2.41. The summed E-state index contributed by atoms with van der Waals surface area (Å²) in [4.78, 5) is 15.4. The minimum Gasteiger partial charge on any atom is -0.462 e. The molecular weight excluding hydrogens is 274 g/mol. The first-order chi connectivity index (χ1) is 9.72. The van der Waals surface area contributed by atoms with E-state index in [0.717, 1.165) is 10.8 Å². The maximum atomic E-state index is 11.0. The lowest BCUT2D eigenvalue weighted by Crippen LogP contribution is -2.09. The quantitative estimate of drug-likeness (QED) is 0.771. The van der Waals surface area contributed by atoms with E-state index in [1.165, 1.54) is 17.6 Å². The van der Waals surface area contributed by atoms with Crippen LogP contribution in [0.5, 0.6) is 0 Å². The highest BCUT2D eigenvalue weighted by Gasteiger charge is 2.11. The predicted octanol–water partition coefficient (Wildman–Crippen LogP) is 3.25. The highest BCUT2D eigenvalue weighted by Crippen LogP contribution is 2.28. The van der Waals surface area contributed by atoms with Crippen LogP contribution in [0.2, 0.25) is 0 Å². The summed E-state index contributed by atoms with van der Waals surface area (Å²) in [5, 5.41) is 5.81. The molecule has 0 saturated carbocycles. The molecule has 1 aromatic carbocycles. The number of hydrogen-bond donors (Lipinski definition) is 2. The number of thiazole rings is 1. The van der Waals surface area contributed by atoms with Crippen molar-refractivity contribution in [2.45, 2.75) is 0 Å². The monoisotopic (exact) mass is 285 g/mol. The highest BCUT2D eigenvalue weighted by atomic mass is 32.1. The molecule has 0 atom stereocenters. The van der Waals surface area contributed by atoms with Gasteiger partial charge in [0.1, 0.15) is 12.0 Å². The van der Waals surface area contributed by atoms with Crippen molar-refractivity contribution < 1.29 is 9.21 Å². The number of para-hydroxylation sites is 1. The van der Waals surface area contributed by atoms with Gasteiger partial charge in [0.25, 0.3) is 5.91 Å². The van der Waals surface area contributed by atoms with Crippen LogP contribution in [0, 0.1) is 0 Å². The fourth-order valence-electron chi connectivity index (χ4n) is 1.69. The Labute approximate surface area is 119 Å². The number of anilines is 2. The Hall–Kier alpha value is -2.60. The number of nitrogens with two attached hydrogens (primary N) is 1. The molecule has 2 aromatic heterocycles. The first-order valence-corrected chi connectivity index (χ1v) is 6.76. The number of benzene rings is 1. The van der Waals surface area contributed by atoms with Gasteiger partial charge in [-0.1, -0.05) is 18.2 Å². The van der Waals surface area contributed by atoms with E-state index in [1.54, 1.807) is 6.07 Å². The minimum atomic E-state index is -0.516. The fraction of sp³-hybridized carbons (Fsp3) is 0. The molecule has 0 aliphatic rings. The van der Waals surface area contributed by atoms with Gasteiger partial charge in [-0.15, -0.1) is 11.3 Å². The molecule has 5 nitrogen and oxygen atoms in total. The number of nitrogens with zero attached hydrogens (tertiary/aromatic N) is 1. The molecule has 0 spiro atoms. The van der Waals surface area contributed by atoms with Gasteiger partial charge >= 0.3 is 0 Å². The molecule has 0 saturated heterocycles. The van der Waals surface area contributed by atoms with Crippen molar-refractivity contribution in [3.8, 4) is 11.5 Å². The summed E-state index contributed by atoms with van der Waals surface area (Å²) in [5.41, 5.74) is 7.15. The molecule has 6 heteroatoms. The number of carbonyl (C=O) groups excluding carboxylic acids is 1. The minimum absolute atomic E-state index is 0.338. The summed E-state index contributed by atoms with van der Waals surface area (Å²) in [6.45, 7) is 0. The Morgan fingerprint density at radius 1 is 1.30 bits per heavy atom. The predicted molar refractivity (Wildman–Crippen MR) is 78.1 cm³/mol. The van der Waals surface area contributed by atoms with E-state index >= 15 is 0 Å². The third-order valence-electron chi connectivity index (χ3n) is 2.67. The molecule has 0 aliphatic carbocycles. The van der Waals surface area contributed by atoms with Gasteiger partial charge in [0.05, 0.1) is 5.56 Å². The molecule has 3 rings (SSSR count). The largest absolute Gasteiger partial charge is 0.462 e. The molecular formula is C14H11N3O2S. The number of hydrogen-bond acceptors (Lipinski definition) is 5. The van der Waals surface area contributed by atoms with Crippen molar-refractivity contribution in [1.29, 1.82) is 0 Å². The van der Waals surface area contributed by atoms with Crippen LogP contribution < -0.4 is 11.1 Å². The van der Waals surface area contributed by atoms with Crippen molar-refractivity contribution in [1.82, 2.24) is 4.98 Å². The summed E-state index contributed by atoms with van der Waals surface area (Å²) in [7, 11) is 0. The van der Waals surface area contributed by atoms with Crippen LogP contribution in [0.4, 0.5) is 10.8 Å². The van der Waals surface area contributed by atoms with Gasteiger partial charge in [0.2, 0.25) is 0 Å². The standard InChI is InChI=1S/C14H11N3O2S/c15-13(18)9-6-12(19-7-9)11-8-20-14(17-11)16-10-4-2-1-3-5-10/h1-8H,(H2,15,18)(H,16,17). The molecule has 3 aromatic rings. The number of nitrogens with one attached hydrogen (secondary N) is 1. The second kappa shape index (κ2) is 5.18. The van der Waals surface area contributed by atoms with E-state index in [2.05, 4.69) is 10.3 Å². The molecule has 0 aliphatic heterocycles. The Bertz CT molecular complexity index is 734. The number of rotatable bonds is 4. The summed E-state index contributed by atoms with van der Waals surface area (Å²) in [6, 6.07) is 11.3. The molecule has 100 valence electrons. The Balaban J connectivity index is 1.81. The van der Waals surface area contributed by atoms with Crippen LogP contribution in [0.3, 0.4) is 0 Å². The van der Waals surface area contributed by atoms with Crippen LogP contribution in [0.15, 0.2) is 52.5 Å². The van der Waals surface area contributed by atoms with Gasteiger partial charge in [-0.2, -0.15) is 0 Å². The first kappa shape index (κ1) is 12.4. The van der Waals surface area contributed by atoms with E-state index in [1.807, 2.05) is 35.7 Å². The first-order valence-electron chi connectivity index (χ1n) is 5.89. The van der Waals surface area contributed by atoms with Gasteiger partial charge in [-0.05, 0) is 18.2 Å². The van der Waals surface area contributed by atoms with Gasteiger partial charge in [-0.25, -0.2) is 4.98 Å². The lowest BCUT2D eigenvalue weighted by Gasteiger charge is -2.00. The second-order valence-corrected chi connectivity index (χ2v) is 4.95. The second-order valence-electron chi connectivity index (χ2n) is 4.09. The maximum absolute atomic E-state index is 11.0. The molecule has 3 N–H and O–H groups in total. The smallest absolute Gasteiger partial charge is 0.251 e. The van der Waals surface area contributed by atoms with E-state index in [0.29, 0.717) is 17.0 Å². The highest BCUT2D eigenvalue weighted by molar-refractivity contribution is 7.14. The van der Waals surface area contributed by atoms with Crippen LogP contribution >= 0.6 is 11.3 Å². The topological polar surface area (TPSA) is 81.2 Å². The molecule has 0 unspecified atom stereocenters. The summed E-state index contributed by atoms with van der Waals surface area (Å²) in [5.74, 6) is 0.00836. The van der Waals surface area contributed by atoms with E-state index in [4.69, 9.17) is 10.2 Å². The summed E-state index contributed by atoms with van der Waals surface area (Å²) < 4.78 is 5.29. The summed E-state index contributed by atoms with van der Waals surface area (Å²) in [6.07, 6.45) is 1.33. The number of primary amides is 1. The van der Waals surface area contributed by atoms with Gasteiger partial charge < -0.3 is 15.5 Å². The lowest BCUT2D eigenvalue weighted by atomic mass is 10.3. The van der Waals surface area contributed by atoms with Crippen molar-refractivity contribution in [3.05, 3.63) is 53.6 Å². The van der Waals surface area contributed by atoms with Crippen molar-refractivity contribution in [2.75, 3.05) is 5.32 Å². The van der Waals surface area contributed by atoms with Crippen LogP contribution in [0.25, 0.3) is 11.5 Å². The van der Waals surface area contributed by atoms with Gasteiger partial charge in [-0.3, -0.25) is 4.79 Å². The lowest BCUT2D eigenvalue weighted by molar-refractivity contribution is 0.0999. The third kappa shape index (κ3) is 2.55. The Morgan fingerprint density at radius 3 is 2.80 bits per heavy atom. The third-order valence-corrected chi connectivity index (χ3v) is 3.42. The normalized spacial score (nSPS) is 10.4. The number of aromatic nitrogens is 1. The number of furan rings is 1. The molecule has 0 radical (unpaired) electrons. The SMILES string of the molecule is NC(=O)c1coc(-c2csc(Nc3ccccc3)n2)c1. The average Bonchev–Trinajstić information content (AvgIpc) is 3.08. The molecule has 1 amide bonds. The van der Waals surface area contributed by atoms with E-state index in [9.17, 15) is 4.79 Å². The van der Waals surface area contributed by atoms with E-state index < -0.39 is 5.91 Å². The number of amides is 1. The number of carbonyl (C=O) groups is 1. The molecule has 20 heavy (non-hydrogen) atoms. The van der Waals surface area contributed by atoms with Crippen LogP contribution in [-0.2, 0) is 0 Å². The zero-order valence-corrected chi connectivity index (χ0v) is 11.2. The Morgan fingerprint density at radius 2 is 2.10 bits per heavy atom. The van der Waals surface area contributed by atoms with Gasteiger partial charge in [0.15, 0.2) is 10.9 Å². The molecule has 2 heterocycles. The maximum Gasteiger partial charge on any atom is 0.251 e. The Kier molecular flexibility index (Phi) is 3.22. The zero-order valence-electron chi connectivity index (χ0n) is 10.4. The average molecular weight is 285 g/mol. The van der Waals surface area contributed by atoms with E-state index in [-0.39, 0.29) is 0 Å². The molecule has 0 fully saturated rings. The van der Waals surface area contributed by atoms with Crippen LogP contribution in [0.1, 0.15) is 10.4 Å².